The summed E-state index contributed by atoms with van der Waals surface area (Å²) in [5.41, 5.74) is 8.36. The first kappa shape index (κ1) is 22.0. The molecule has 0 saturated heterocycles. The van der Waals surface area contributed by atoms with Crippen LogP contribution in [-0.2, 0) is 0 Å². The number of rotatable bonds is 0. The van der Waals surface area contributed by atoms with Crippen LogP contribution in [0.25, 0.3) is 24.3 Å². The maximum absolute atomic E-state index is 2.51. The molecule has 4 aromatic carbocycles. The average Bonchev–Trinajstić information content (AvgIpc) is 3.07. The molecule has 0 aromatic heterocycles. The van der Waals surface area contributed by atoms with E-state index >= 15 is 0 Å². The molecule has 0 fully saturated rings. The third-order valence-electron chi connectivity index (χ3n) is 7.08. The minimum atomic E-state index is -2.37. The fourth-order valence-electron chi connectivity index (χ4n) is 5.21. The fraction of sp³-hybridized carbons (Fsp3) is 0.0968. The van der Waals surface area contributed by atoms with Crippen molar-refractivity contribution >= 4 is 67.5 Å². The molecule has 160 valence electrons. The zero-order chi connectivity index (χ0) is 22.8. The van der Waals surface area contributed by atoms with Crippen LogP contribution >= 0.6 is 0 Å². The van der Waals surface area contributed by atoms with Gasteiger partial charge in [-0.2, -0.15) is 0 Å². The van der Waals surface area contributed by atoms with Gasteiger partial charge in [-0.25, -0.2) is 0 Å². The summed E-state index contributed by atoms with van der Waals surface area (Å²) in [6.07, 6.45) is 9.00. The first-order chi connectivity index (χ1) is 16.1. The van der Waals surface area contributed by atoms with Gasteiger partial charge in [-0.1, -0.05) is 78.4 Å². The second-order valence-corrected chi connectivity index (χ2v) is 21.8. The van der Waals surface area contributed by atoms with Crippen LogP contribution in [0, 0.1) is 0 Å². The Labute approximate surface area is 202 Å². The second-order valence-electron chi connectivity index (χ2n) is 9.45. The average molecular weight is 531 g/mol. The molecule has 0 saturated carbocycles. The maximum atomic E-state index is 2.51. The number of fused-ring (bicyclic) bond motifs is 4. The zero-order valence-electron chi connectivity index (χ0n) is 19.6. The summed E-state index contributed by atoms with van der Waals surface area (Å²) in [6.45, 7) is 2.76. The van der Waals surface area contributed by atoms with Crippen LogP contribution in [0.1, 0.15) is 22.3 Å². The van der Waals surface area contributed by atoms with Crippen molar-refractivity contribution in [2.45, 2.75) is 16.7 Å². The normalized spacial score (nSPS) is 14.5. The van der Waals surface area contributed by atoms with Gasteiger partial charge in [0.2, 0.25) is 6.71 Å². The fourth-order valence-corrected chi connectivity index (χ4v) is 14.0. The SMILES string of the molecule is CB1c2ccccc2C=Cc2ccccc21.[CH3][Sn]1([CH3])[c]2ccccc2C=Cc2cccc[c]21. The molecule has 0 amide bonds. The van der Waals surface area contributed by atoms with E-state index in [4.69, 9.17) is 0 Å². The Balaban J connectivity index is 0.000000139. The van der Waals surface area contributed by atoms with Gasteiger partial charge in [0.05, 0.1) is 0 Å². The molecule has 0 radical (unpaired) electrons. The van der Waals surface area contributed by atoms with Gasteiger partial charge in [-0.05, 0) is 11.1 Å². The Bertz CT molecular complexity index is 1260. The quantitative estimate of drug-likeness (QED) is 0.267. The zero-order valence-corrected chi connectivity index (χ0v) is 22.5. The van der Waals surface area contributed by atoms with E-state index in [2.05, 4.69) is 138 Å². The van der Waals surface area contributed by atoms with E-state index in [1.807, 2.05) is 0 Å². The van der Waals surface area contributed by atoms with Gasteiger partial charge < -0.3 is 0 Å². The van der Waals surface area contributed by atoms with E-state index in [-0.39, 0.29) is 0 Å². The Kier molecular flexibility index (Phi) is 6.16. The molecule has 0 nitrogen and oxygen atoms in total. The summed E-state index contributed by atoms with van der Waals surface area (Å²) in [6, 6.07) is 35.1. The third kappa shape index (κ3) is 4.27. The van der Waals surface area contributed by atoms with Crippen molar-refractivity contribution in [3.8, 4) is 0 Å². The molecule has 0 N–H and O–H groups in total. The van der Waals surface area contributed by atoms with Crippen LogP contribution in [0.4, 0.5) is 0 Å². The summed E-state index contributed by atoms with van der Waals surface area (Å²) in [5, 5.41) is 0. The van der Waals surface area contributed by atoms with Crippen molar-refractivity contribution in [2.75, 3.05) is 0 Å². The van der Waals surface area contributed by atoms with Crippen molar-refractivity contribution in [2.24, 2.45) is 0 Å². The Morgan fingerprint density at radius 3 is 1.24 bits per heavy atom. The molecule has 0 bridgehead atoms. The molecule has 0 atom stereocenters. The first-order valence-electron chi connectivity index (χ1n) is 11.8. The molecule has 2 aliphatic rings. The Morgan fingerprint density at radius 1 is 0.455 bits per heavy atom. The monoisotopic (exact) mass is 532 g/mol. The van der Waals surface area contributed by atoms with Crippen molar-refractivity contribution < 1.29 is 0 Å². The predicted molar refractivity (Wildman–Crippen MR) is 151 cm³/mol. The van der Waals surface area contributed by atoms with Crippen LogP contribution in [-0.4, -0.2) is 25.1 Å². The molecule has 0 aliphatic carbocycles. The van der Waals surface area contributed by atoms with Crippen molar-refractivity contribution in [3.05, 3.63) is 119 Å². The molecule has 0 spiro atoms. The summed E-state index contributed by atoms with van der Waals surface area (Å²) < 4.78 is 3.23. The van der Waals surface area contributed by atoms with E-state index in [1.54, 1.807) is 7.16 Å². The van der Waals surface area contributed by atoms with Gasteiger partial charge in [-0.15, -0.1) is 0 Å². The topological polar surface area (TPSA) is 0 Å². The molecule has 0 unspecified atom stereocenters. The molecule has 6 rings (SSSR count). The van der Waals surface area contributed by atoms with Gasteiger partial charge in [0.15, 0.2) is 0 Å². The Morgan fingerprint density at radius 2 is 0.788 bits per heavy atom. The molecular weight excluding hydrogens is 502 g/mol. The predicted octanol–water partition coefficient (Wildman–Crippen LogP) is 5.40. The van der Waals surface area contributed by atoms with E-state index in [0.29, 0.717) is 6.71 Å². The van der Waals surface area contributed by atoms with Crippen LogP contribution in [0.5, 0.6) is 0 Å². The molecule has 2 heteroatoms. The van der Waals surface area contributed by atoms with Gasteiger partial charge in [0.25, 0.3) is 0 Å². The van der Waals surface area contributed by atoms with Gasteiger partial charge in [-0.3, -0.25) is 0 Å². The summed E-state index contributed by atoms with van der Waals surface area (Å²) in [7, 11) is 0. The first-order valence-corrected chi connectivity index (χ1v) is 20.3. The molecule has 33 heavy (non-hydrogen) atoms. The van der Waals surface area contributed by atoms with E-state index in [1.165, 1.54) is 33.2 Å². The van der Waals surface area contributed by atoms with Crippen LogP contribution in [0.3, 0.4) is 0 Å². The molecule has 4 aromatic rings. The van der Waals surface area contributed by atoms with E-state index < -0.39 is 18.4 Å². The molecular formula is C31H29BSn. The summed E-state index contributed by atoms with van der Waals surface area (Å²) in [4.78, 5) is 5.03. The standard InChI is InChI=1S/C15H13B.C14H10.2CH3.Sn/c1-16-14-8-4-2-6-12(14)10-11-13-7-3-5-9-15(13)16;1-3-7-13(8-4-1)11-12-14-9-5-2-6-10-14;;;/h2-11H,1H3;1-7,9,11-12H;2*1H3;. The van der Waals surface area contributed by atoms with Crippen LogP contribution in [0.2, 0.25) is 16.7 Å². The summed E-state index contributed by atoms with van der Waals surface area (Å²) in [5.74, 6) is 0. The van der Waals surface area contributed by atoms with Crippen LogP contribution < -0.4 is 18.1 Å². The van der Waals surface area contributed by atoms with Gasteiger partial charge in [0, 0.05) is 0 Å². The van der Waals surface area contributed by atoms with Gasteiger partial charge >= 0.3 is 107 Å². The minimum absolute atomic E-state index is 0.474. The number of benzene rings is 4. The van der Waals surface area contributed by atoms with Crippen LogP contribution in [0.15, 0.2) is 97.1 Å². The molecule has 2 aliphatic heterocycles. The van der Waals surface area contributed by atoms with Crippen molar-refractivity contribution in [1.29, 1.82) is 0 Å². The molecule has 2 heterocycles. The van der Waals surface area contributed by atoms with E-state index in [0.717, 1.165) is 0 Å². The summed E-state index contributed by atoms with van der Waals surface area (Å²) >= 11 is -2.37. The third-order valence-corrected chi connectivity index (χ3v) is 17.4. The van der Waals surface area contributed by atoms with Gasteiger partial charge in [0.1, 0.15) is 0 Å². The second kappa shape index (κ2) is 9.23. The Hall–Kier alpha value is -2.78. The van der Waals surface area contributed by atoms with E-state index in [9.17, 15) is 0 Å². The number of hydrogen-bond acceptors (Lipinski definition) is 0. The van der Waals surface area contributed by atoms with Crippen molar-refractivity contribution in [1.82, 2.24) is 0 Å². The number of hydrogen-bond donors (Lipinski definition) is 0. The van der Waals surface area contributed by atoms with Crippen molar-refractivity contribution in [3.63, 3.8) is 0 Å².